The quantitative estimate of drug-likeness (QED) is 0.669. The molecule has 1 saturated heterocycles. The maximum absolute atomic E-state index is 12.9. The Labute approximate surface area is 192 Å². The number of hydrogen-bond acceptors (Lipinski definition) is 6. The zero-order valence-electron chi connectivity index (χ0n) is 18.1. The molecule has 1 amide bonds. The molecule has 30 heavy (non-hydrogen) atoms. The number of benzene rings is 1. The molecule has 9 heteroatoms. The van der Waals surface area contributed by atoms with Crippen LogP contribution in [0.4, 0.5) is 0 Å². The number of nitrogens with two attached hydrogens (primary N) is 1. The summed E-state index contributed by atoms with van der Waals surface area (Å²) in [5.41, 5.74) is 6.96. The molecule has 2 N–H and O–H groups in total. The van der Waals surface area contributed by atoms with E-state index in [1.165, 1.54) is 0 Å². The van der Waals surface area contributed by atoms with Gasteiger partial charge in [-0.1, -0.05) is 6.42 Å². The van der Waals surface area contributed by atoms with Crippen molar-refractivity contribution in [1.29, 1.82) is 0 Å². The second-order valence-corrected chi connectivity index (χ2v) is 7.67. The van der Waals surface area contributed by atoms with E-state index in [0.29, 0.717) is 35.6 Å². The minimum absolute atomic E-state index is 0. The Morgan fingerprint density at radius 1 is 1.00 bits per heavy atom. The van der Waals surface area contributed by atoms with E-state index in [0.717, 1.165) is 57.5 Å². The summed E-state index contributed by atoms with van der Waals surface area (Å²) in [6.45, 7) is 4.68. The number of amides is 1. The Kier molecular flexibility index (Phi) is 11.0. The lowest BCUT2D eigenvalue weighted by Gasteiger charge is -2.36. The van der Waals surface area contributed by atoms with E-state index in [2.05, 4.69) is 4.90 Å². The number of halogens is 2. The minimum Gasteiger partial charge on any atom is -0.493 e. The number of nitrogens with zero attached hydrogens (tertiary/aromatic N) is 2. The molecule has 3 rings (SSSR count). The van der Waals surface area contributed by atoms with Crippen LogP contribution in [-0.2, 0) is 11.3 Å². The molecular formula is C21H35Cl2N3O4. The van der Waals surface area contributed by atoms with Gasteiger partial charge < -0.3 is 24.8 Å². The number of ether oxygens (including phenoxy) is 3. The van der Waals surface area contributed by atoms with Crippen LogP contribution in [0.1, 0.15) is 24.8 Å². The summed E-state index contributed by atoms with van der Waals surface area (Å²) >= 11 is 0. The van der Waals surface area contributed by atoms with Crippen LogP contribution in [0.5, 0.6) is 17.2 Å². The highest BCUT2D eigenvalue weighted by molar-refractivity contribution is 5.85. The molecule has 172 valence electrons. The molecule has 0 radical (unpaired) electrons. The number of carbonyl (C=O) groups excluding carboxylic acids is 1. The summed E-state index contributed by atoms with van der Waals surface area (Å²) in [5.74, 6) is 2.74. The molecule has 0 unspecified atom stereocenters. The van der Waals surface area contributed by atoms with Crippen LogP contribution in [0.2, 0.25) is 0 Å². The lowest BCUT2D eigenvalue weighted by Crippen LogP contribution is -2.50. The average molecular weight is 464 g/mol. The van der Waals surface area contributed by atoms with Gasteiger partial charge in [0.05, 0.1) is 21.3 Å². The van der Waals surface area contributed by atoms with Crippen molar-refractivity contribution in [2.24, 2.45) is 17.6 Å². The van der Waals surface area contributed by atoms with Gasteiger partial charge in [0.25, 0.3) is 0 Å². The highest BCUT2D eigenvalue weighted by Gasteiger charge is 2.35. The first-order valence-electron chi connectivity index (χ1n) is 10.1. The second kappa shape index (κ2) is 12.4. The third kappa shape index (κ3) is 5.84. The minimum atomic E-state index is 0. The highest BCUT2D eigenvalue weighted by Crippen LogP contribution is 2.38. The van der Waals surface area contributed by atoms with Gasteiger partial charge in [-0.2, -0.15) is 0 Å². The van der Waals surface area contributed by atoms with Crippen LogP contribution in [0.25, 0.3) is 0 Å². The summed E-state index contributed by atoms with van der Waals surface area (Å²) in [5, 5.41) is 0. The molecule has 2 fully saturated rings. The Bertz CT molecular complexity index is 659. The van der Waals surface area contributed by atoms with E-state index in [-0.39, 0.29) is 30.7 Å². The zero-order valence-corrected chi connectivity index (χ0v) is 19.7. The smallest absolute Gasteiger partial charge is 0.226 e. The second-order valence-electron chi connectivity index (χ2n) is 7.67. The predicted octanol–water partition coefficient (Wildman–Crippen LogP) is 2.58. The van der Waals surface area contributed by atoms with Crippen molar-refractivity contribution in [1.82, 2.24) is 9.80 Å². The standard InChI is InChI=1S/C21H33N3O4.2ClH/c1-26-18-11-15(12-19(27-2)20(18)28-3)14-23-7-9-24(10-8-23)21(25)17-6-4-5-16(17)13-22;;/h11-12,16-17H,4-10,13-14,22H2,1-3H3;2*1H/t16-,17-;;/m1../s1. The van der Waals surface area contributed by atoms with Gasteiger partial charge in [-0.05, 0) is 43.0 Å². The Morgan fingerprint density at radius 3 is 2.10 bits per heavy atom. The normalized spacial score (nSPS) is 21.4. The molecule has 1 aromatic rings. The average Bonchev–Trinajstić information content (AvgIpc) is 3.21. The van der Waals surface area contributed by atoms with Crippen LogP contribution in [-0.4, -0.2) is 69.8 Å². The molecule has 0 spiro atoms. The maximum Gasteiger partial charge on any atom is 0.226 e. The maximum atomic E-state index is 12.9. The van der Waals surface area contributed by atoms with E-state index in [4.69, 9.17) is 19.9 Å². The van der Waals surface area contributed by atoms with Crippen molar-refractivity contribution in [3.63, 3.8) is 0 Å². The van der Waals surface area contributed by atoms with Gasteiger partial charge in [0.1, 0.15) is 0 Å². The molecule has 0 bridgehead atoms. The Morgan fingerprint density at radius 2 is 1.60 bits per heavy atom. The van der Waals surface area contributed by atoms with Crippen LogP contribution >= 0.6 is 24.8 Å². The Hall–Kier alpha value is -1.41. The van der Waals surface area contributed by atoms with Crippen molar-refractivity contribution in [3.05, 3.63) is 17.7 Å². The first-order chi connectivity index (χ1) is 13.6. The molecule has 2 atom stereocenters. The fraction of sp³-hybridized carbons (Fsp3) is 0.667. The lowest BCUT2D eigenvalue weighted by molar-refractivity contribution is -0.138. The van der Waals surface area contributed by atoms with Crippen molar-refractivity contribution < 1.29 is 19.0 Å². The van der Waals surface area contributed by atoms with Gasteiger partial charge in [0.2, 0.25) is 11.7 Å². The summed E-state index contributed by atoms with van der Waals surface area (Å²) < 4.78 is 16.3. The molecule has 7 nitrogen and oxygen atoms in total. The predicted molar refractivity (Wildman–Crippen MR) is 122 cm³/mol. The number of rotatable bonds is 7. The molecule has 1 aliphatic heterocycles. The van der Waals surface area contributed by atoms with Gasteiger partial charge in [0.15, 0.2) is 11.5 Å². The monoisotopic (exact) mass is 463 g/mol. The summed E-state index contributed by atoms with van der Waals surface area (Å²) in [7, 11) is 4.86. The van der Waals surface area contributed by atoms with E-state index in [1.807, 2.05) is 17.0 Å². The zero-order chi connectivity index (χ0) is 20.1. The fourth-order valence-corrected chi connectivity index (χ4v) is 4.49. The lowest BCUT2D eigenvalue weighted by atomic mass is 9.94. The molecule has 1 saturated carbocycles. The third-order valence-electron chi connectivity index (χ3n) is 6.09. The largest absolute Gasteiger partial charge is 0.493 e. The molecule has 1 aliphatic carbocycles. The van der Waals surface area contributed by atoms with Crippen LogP contribution in [0, 0.1) is 11.8 Å². The summed E-state index contributed by atoms with van der Waals surface area (Å²) in [4.78, 5) is 17.3. The van der Waals surface area contributed by atoms with Gasteiger partial charge in [-0.15, -0.1) is 24.8 Å². The SMILES string of the molecule is COc1cc(CN2CCN(C(=O)[C@@H]3CCC[C@@H]3CN)CC2)cc(OC)c1OC.Cl.Cl. The van der Waals surface area contributed by atoms with E-state index < -0.39 is 0 Å². The van der Waals surface area contributed by atoms with Crippen LogP contribution in [0.3, 0.4) is 0 Å². The third-order valence-corrected chi connectivity index (χ3v) is 6.09. The van der Waals surface area contributed by atoms with Gasteiger partial charge in [0, 0.05) is 38.6 Å². The molecule has 2 aliphatic rings. The van der Waals surface area contributed by atoms with Crippen LogP contribution in [0.15, 0.2) is 12.1 Å². The molecular weight excluding hydrogens is 429 g/mol. The fourth-order valence-electron chi connectivity index (χ4n) is 4.49. The number of hydrogen-bond donors (Lipinski definition) is 1. The first kappa shape index (κ1) is 26.6. The van der Waals surface area contributed by atoms with Crippen molar-refractivity contribution in [2.45, 2.75) is 25.8 Å². The Balaban J connectivity index is 0.00000225. The van der Waals surface area contributed by atoms with E-state index >= 15 is 0 Å². The van der Waals surface area contributed by atoms with Crippen molar-refractivity contribution >= 4 is 30.7 Å². The van der Waals surface area contributed by atoms with Gasteiger partial charge >= 0.3 is 0 Å². The first-order valence-corrected chi connectivity index (χ1v) is 10.1. The molecule has 0 aromatic heterocycles. The number of methoxy groups -OCH3 is 3. The summed E-state index contributed by atoms with van der Waals surface area (Å²) in [6, 6.07) is 3.98. The topological polar surface area (TPSA) is 77.3 Å². The highest BCUT2D eigenvalue weighted by atomic mass is 35.5. The van der Waals surface area contributed by atoms with Crippen LogP contribution < -0.4 is 19.9 Å². The summed E-state index contributed by atoms with van der Waals surface area (Å²) in [6.07, 6.45) is 3.21. The molecule has 1 aromatic carbocycles. The van der Waals surface area contributed by atoms with Gasteiger partial charge in [-0.25, -0.2) is 0 Å². The van der Waals surface area contributed by atoms with Crippen molar-refractivity contribution in [2.75, 3.05) is 54.1 Å². The van der Waals surface area contributed by atoms with Gasteiger partial charge in [-0.3, -0.25) is 9.69 Å². The van der Waals surface area contributed by atoms with Crippen molar-refractivity contribution in [3.8, 4) is 17.2 Å². The molecule has 1 heterocycles. The number of carbonyl (C=O) groups is 1. The van der Waals surface area contributed by atoms with E-state index in [9.17, 15) is 4.79 Å². The van der Waals surface area contributed by atoms with E-state index in [1.54, 1.807) is 21.3 Å². The number of piperazine rings is 1.